The maximum atomic E-state index is 12.6. The first-order valence-electron chi connectivity index (χ1n) is 12.9. The molecule has 0 radical (unpaired) electrons. The van der Waals surface area contributed by atoms with E-state index < -0.39 is 5.97 Å². The zero-order valence-corrected chi connectivity index (χ0v) is 22.9. The Morgan fingerprint density at radius 3 is 2.40 bits per heavy atom. The summed E-state index contributed by atoms with van der Waals surface area (Å²) in [6.45, 7) is 0.676. The van der Waals surface area contributed by atoms with E-state index in [1.807, 2.05) is 73.7 Å². The molecule has 0 aliphatic rings. The fourth-order valence-electron chi connectivity index (χ4n) is 4.64. The minimum Gasteiger partial charge on any atom is -0.494 e. The van der Waals surface area contributed by atoms with Crippen LogP contribution in [0.4, 0.5) is 11.4 Å². The van der Waals surface area contributed by atoms with E-state index in [4.69, 9.17) is 9.73 Å². The summed E-state index contributed by atoms with van der Waals surface area (Å²) in [5.74, 6) is -0.497. The molecule has 0 spiro atoms. The topological polar surface area (TPSA) is 114 Å². The second kappa shape index (κ2) is 11.1. The van der Waals surface area contributed by atoms with Crippen molar-refractivity contribution in [3.63, 3.8) is 0 Å². The molecule has 0 bridgehead atoms. The van der Waals surface area contributed by atoms with Crippen LogP contribution in [0.25, 0.3) is 21.8 Å². The molecule has 5 rings (SSSR count). The lowest BCUT2D eigenvalue weighted by molar-refractivity contribution is -0.118. The molecule has 3 N–H and O–H groups in total. The maximum absolute atomic E-state index is 12.6. The van der Waals surface area contributed by atoms with Crippen molar-refractivity contribution in [2.24, 2.45) is 4.99 Å². The zero-order chi connectivity index (χ0) is 28.4. The van der Waals surface area contributed by atoms with E-state index in [0.717, 1.165) is 22.2 Å². The number of nitrogens with one attached hydrogen (secondary N) is 2. The molecule has 9 nitrogen and oxygen atoms in total. The van der Waals surface area contributed by atoms with Gasteiger partial charge in [-0.25, -0.2) is 9.79 Å². The van der Waals surface area contributed by atoms with E-state index >= 15 is 0 Å². The standard InChI is InChI=1S/C31H31N5O4/c1-35(2)16-14-27(37)36(3)23-9-7-22(8-10-23)33-29(20-6-12-25-19(17-20)13-15-32-25)28-24-11-5-21(31(39)40-4)18-26(24)34-30(28)38/h5-13,15,17-18,32,34,38H,14,16H2,1-4H3. The van der Waals surface area contributed by atoms with Crippen LogP contribution in [0.2, 0.25) is 0 Å². The molecule has 0 atom stereocenters. The number of aromatic nitrogens is 2. The van der Waals surface area contributed by atoms with Crippen molar-refractivity contribution in [2.75, 3.05) is 39.7 Å². The summed E-state index contributed by atoms with van der Waals surface area (Å²) in [7, 11) is 6.97. The third-order valence-electron chi connectivity index (χ3n) is 6.89. The van der Waals surface area contributed by atoms with Crippen LogP contribution in [0.5, 0.6) is 5.88 Å². The van der Waals surface area contributed by atoms with Gasteiger partial charge in [-0.15, -0.1) is 0 Å². The Bertz CT molecular complexity index is 1730. The molecule has 5 aromatic rings. The number of ether oxygens (including phenoxy) is 1. The Labute approximate surface area is 231 Å². The molecule has 0 saturated carbocycles. The van der Waals surface area contributed by atoms with Gasteiger partial charge in [0.05, 0.1) is 29.6 Å². The number of rotatable bonds is 8. The van der Waals surface area contributed by atoms with E-state index in [2.05, 4.69) is 9.97 Å². The number of methoxy groups -OCH3 is 1. The molecule has 204 valence electrons. The summed E-state index contributed by atoms with van der Waals surface area (Å²) in [6, 6.07) is 20.4. The third-order valence-corrected chi connectivity index (χ3v) is 6.89. The summed E-state index contributed by atoms with van der Waals surface area (Å²) < 4.78 is 4.85. The van der Waals surface area contributed by atoms with Gasteiger partial charge in [0.2, 0.25) is 5.91 Å². The molecular formula is C31H31N5O4. The molecule has 1 amide bonds. The van der Waals surface area contributed by atoms with Crippen LogP contribution in [0.1, 0.15) is 27.9 Å². The first kappa shape index (κ1) is 26.7. The van der Waals surface area contributed by atoms with Gasteiger partial charge < -0.3 is 29.6 Å². The van der Waals surface area contributed by atoms with Crippen LogP contribution in [0, 0.1) is 0 Å². The molecule has 0 aliphatic heterocycles. The lowest BCUT2D eigenvalue weighted by Crippen LogP contribution is -2.29. The first-order chi connectivity index (χ1) is 19.2. The SMILES string of the molecule is COC(=O)c1ccc2c(C(=Nc3ccc(N(C)C(=O)CCN(C)C)cc3)c3ccc4[nH]ccc4c3)c(O)[nH]c2c1. The van der Waals surface area contributed by atoms with Crippen molar-refractivity contribution in [3.8, 4) is 5.88 Å². The number of carbonyl (C=O) groups excluding carboxylic acids is 2. The Kier molecular flexibility index (Phi) is 7.39. The van der Waals surface area contributed by atoms with Gasteiger partial charge in [0.15, 0.2) is 5.88 Å². The number of aromatic hydroxyl groups is 1. The second-order valence-corrected chi connectivity index (χ2v) is 9.86. The van der Waals surface area contributed by atoms with E-state index in [0.29, 0.717) is 46.4 Å². The fourth-order valence-corrected chi connectivity index (χ4v) is 4.64. The van der Waals surface area contributed by atoms with Gasteiger partial charge in [0.1, 0.15) is 0 Å². The molecule has 9 heteroatoms. The number of aromatic amines is 2. The van der Waals surface area contributed by atoms with Crippen LogP contribution in [0.3, 0.4) is 0 Å². The maximum Gasteiger partial charge on any atom is 0.337 e. The molecule has 2 aromatic heterocycles. The van der Waals surface area contributed by atoms with E-state index in [9.17, 15) is 14.7 Å². The van der Waals surface area contributed by atoms with Crippen molar-refractivity contribution in [2.45, 2.75) is 6.42 Å². The monoisotopic (exact) mass is 537 g/mol. The average molecular weight is 538 g/mol. The van der Waals surface area contributed by atoms with Gasteiger partial charge in [-0.2, -0.15) is 0 Å². The van der Waals surface area contributed by atoms with E-state index in [-0.39, 0.29) is 11.8 Å². The minimum atomic E-state index is -0.463. The average Bonchev–Trinajstić information content (AvgIpc) is 3.56. The first-order valence-corrected chi connectivity index (χ1v) is 12.9. The number of hydrogen-bond donors (Lipinski definition) is 3. The third kappa shape index (κ3) is 5.32. The number of benzene rings is 3. The van der Waals surface area contributed by atoms with Gasteiger partial charge in [-0.3, -0.25) is 4.79 Å². The Hall–Kier alpha value is -4.89. The van der Waals surface area contributed by atoms with E-state index in [1.54, 1.807) is 30.1 Å². The van der Waals surface area contributed by atoms with Gasteiger partial charge in [-0.05, 0) is 68.7 Å². The quantitative estimate of drug-likeness (QED) is 0.185. The Morgan fingerprint density at radius 2 is 1.68 bits per heavy atom. The number of amides is 1. The molecule has 2 heterocycles. The van der Waals surface area contributed by atoms with Crippen LogP contribution >= 0.6 is 0 Å². The van der Waals surface area contributed by atoms with E-state index in [1.165, 1.54) is 7.11 Å². The predicted octanol–water partition coefficient (Wildman–Crippen LogP) is 5.23. The summed E-state index contributed by atoms with van der Waals surface area (Å²) in [5.41, 5.74) is 5.24. The summed E-state index contributed by atoms with van der Waals surface area (Å²) in [4.78, 5) is 39.4. The Morgan fingerprint density at radius 1 is 0.925 bits per heavy atom. The number of H-pyrrole nitrogens is 2. The number of aliphatic imine (C=N–C) groups is 1. The largest absolute Gasteiger partial charge is 0.494 e. The van der Waals surface area contributed by atoms with Crippen molar-refractivity contribution < 1.29 is 19.4 Å². The summed E-state index contributed by atoms with van der Waals surface area (Å²) >= 11 is 0. The highest BCUT2D eigenvalue weighted by Gasteiger charge is 2.21. The van der Waals surface area contributed by atoms with Gasteiger partial charge in [0, 0.05) is 59.3 Å². The highest BCUT2D eigenvalue weighted by Crippen LogP contribution is 2.33. The molecule has 0 aliphatic carbocycles. The van der Waals surface area contributed by atoms with Crippen LogP contribution in [-0.4, -0.2) is 72.4 Å². The van der Waals surface area contributed by atoms with Crippen molar-refractivity contribution in [3.05, 3.63) is 89.6 Å². The molecular weight excluding hydrogens is 506 g/mol. The van der Waals surface area contributed by atoms with Gasteiger partial charge >= 0.3 is 5.97 Å². The molecule has 0 unspecified atom stereocenters. The van der Waals surface area contributed by atoms with Crippen LogP contribution in [0.15, 0.2) is 77.9 Å². The highest BCUT2D eigenvalue weighted by molar-refractivity contribution is 6.22. The highest BCUT2D eigenvalue weighted by atomic mass is 16.5. The normalized spacial score (nSPS) is 11.9. The van der Waals surface area contributed by atoms with Gasteiger partial charge in [-0.1, -0.05) is 12.1 Å². The number of nitrogens with zero attached hydrogens (tertiary/aromatic N) is 3. The number of carbonyl (C=O) groups is 2. The van der Waals surface area contributed by atoms with Crippen molar-refractivity contribution in [1.82, 2.24) is 14.9 Å². The van der Waals surface area contributed by atoms with Crippen molar-refractivity contribution in [1.29, 1.82) is 0 Å². The number of anilines is 1. The minimum absolute atomic E-state index is 0.0282. The summed E-state index contributed by atoms with van der Waals surface area (Å²) in [6.07, 6.45) is 2.30. The predicted molar refractivity (Wildman–Crippen MR) is 158 cm³/mol. The summed E-state index contributed by atoms with van der Waals surface area (Å²) in [5, 5.41) is 12.8. The van der Waals surface area contributed by atoms with Crippen LogP contribution < -0.4 is 4.90 Å². The molecule has 3 aromatic carbocycles. The lowest BCUT2D eigenvalue weighted by Gasteiger charge is -2.19. The Balaban J connectivity index is 1.58. The van der Waals surface area contributed by atoms with Crippen LogP contribution in [-0.2, 0) is 9.53 Å². The molecule has 40 heavy (non-hydrogen) atoms. The number of esters is 1. The lowest BCUT2D eigenvalue weighted by atomic mass is 9.99. The number of hydrogen-bond acceptors (Lipinski definition) is 6. The van der Waals surface area contributed by atoms with Gasteiger partial charge in [0.25, 0.3) is 0 Å². The zero-order valence-electron chi connectivity index (χ0n) is 22.9. The molecule has 0 saturated heterocycles. The second-order valence-electron chi connectivity index (χ2n) is 9.86. The number of fused-ring (bicyclic) bond motifs is 2. The molecule has 0 fully saturated rings. The van der Waals surface area contributed by atoms with Crippen molar-refractivity contribution >= 4 is 50.8 Å². The fraction of sp³-hybridized carbons (Fsp3) is 0.194. The smallest absolute Gasteiger partial charge is 0.337 e.